The molecule has 0 spiro atoms. The molecule has 1 fully saturated rings. The van der Waals surface area contributed by atoms with Crippen molar-refractivity contribution in [3.63, 3.8) is 0 Å². The van der Waals surface area contributed by atoms with Gasteiger partial charge in [0, 0.05) is 25.2 Å². The Morgan fingerprint density at radius 3 is 2.81 bits per heavy atom. The van der Waals surface area contributed by atoms with E-state index in [0.29, 0.717) is 5.71 Å². The summed E-state index contributed by atoms with van der Waals surface area (Å²) in [6.45, 7) is 3.79. The number of allylic oxidation sites excluding steroid dienone is 3. The molecule has 0 aromatic heterocycles. The van der Waals surface area contributed by atoms with Gasteiger partial charge < -0.3 is 4.90 Å². The van der Waals surface area contributed by atoms with Crippen molar-refractivity contribution in [1.29, 1.82) is 0 Å². The van der Waals surface area contributed by atoms with Crippen molar-refractivity contribution in [3.8, 4) is 0 Å². The summed E-state index contributed by atoms with van der Waals surface area (Å²) in [5.74, 6) is 0.229. The molecule has 1 unspecified atom stereocenters. The minimum atomic E-state index is 0.114. The molecule has 16 heavy (non-hydrogen) atoms. The van der Waals surface area contributed by atoms with Crippen molar-refractivity contribution in [2.24, 2.45) is 10.9 Å². The number of piperidine rings is 1. The lowest BCUT2D eigenvalue weighted by Gasteiger charge is -2.27. The van der Waals surface area contributed by atoms with Crippen molar-refractivity contribution < 1.29 is 4.79 Å². The number of hydrogen-bond acceptors (Lipinski definition) is 2. The number of hydrogen-bond donors (Lipinski definition) is 0. The van der Waals surface area contributed by atoms with E-state index >= 15 is 0 Å². The highest BCUT2D eigenvalue weighted by atomic mass is 16.2. The first kappa shape index (κ1) is 11.1. The van der Waals surface area contributed by atoms with Gasteiger partial charge in [-0.3, -0.25) is 9.79 Å². The van der Waals surface area contributed by atoms with E-state index in [0.717, 1.165) is 25.9 Å². The zero-order chi connectivity index (χ0) is 11.4. The number of likely N-dealkylation sites (tertiary alicyclic amines) is 1. The summed E-state index contributed by atoms with van der Waals surface area (Å²) in [4.78, 5) is 18.4. The summed E-state index contributed by atoms with van der Waals surface area (Å²) in [6, 6.07) is 0. The van der Waals surface area contributed by atoms with Crippen LogP contribution in [0.25, 0.3) is 0 Å². The highest BCUT2D eigenvalue weighted by Crippen LogP contribution is 2.13. The lowest BCUT2D eigenvalue weighted by atomic mass is 10.0. The molecule has 0 aromatic carbocycles. The first-order chi connectivity index (χ1) is 7.79. The standard InChI is InChI=1S/C13H18N2O/c1-11-7-3-4-8-14-12(11)13(16)15-9-5-2-6-10-15/h3-4,7-8,11H,2,5-6,9-10H2,1H3. The van der Waals surface area contributed by atoms with Gasteiger partial charge in [-0.1, -0.05) is 19.1 Å². The van der Waals surface area contributed by atoms with Gasteiger partial charge in [-0.15, -0.1) is 0 Å². The van der Waals surface area contributed by atoms with Crippen molar-refractivity contribution in [2.75, 3.05) is 13.1 Å². The Morgan fingerprint density at radius 1 is 1.31 bits per heavy atom. The molecular weight excluding hydrogens is 200 g/mol. The average Bonchev–Trinajstić information content (AvgIpc) is 2.54. The van der Waals surface area contributed by atoms with Crippen molar-refractivity contribution in [1.82, 2.24) is 4.90 Å². The third-order valence-corrected chi connectivity index (χ3v) is 3.10. The highest BCUT2D eigenvalue weighted by Gasteiger charge is 2.24. The van der Waals surface area contributed by atoms with Gasteiger partial charge in [0.2, 0.25) is 0 Å². The SMILES string of the molecule is CC1C=CC=CN=C1C(=O)N1CCCCC1. The number of carbonyl (C=O) groups is 1. The van der Waals surface area contributed by atoms with Crippen LogP contribution in [0.1, 0.15) is 26.2 Å². The van der Waals surface area contributed by atoms with Gasteiger partial charge in [0.15, 0.2) is 0 Å². The molecule has 1 amide bonds. The van der Waals surface area contributed by atoms with Gasteiger partial charge in [0.1, 0.15) is 5.71 Å². The van der Waals surface area contributed by atoms with Crippen LogP contribution < -0.4 is 0 Å². The Hall–Kier alpha value is -1.38. The van der Waals surface area contributed by atoms with Gasteiger partial charge in [0.05, 0.1) is 0 Å². The van der Waals surface area contributed by atoms with Crippen LogP contribution in [0.3, 0.4) is 0 Å². The first-order valence-corrected chi connectivity index (χ1v) is 5.99. The Labute approximate surface area is 96.5 Å². The van der Waals surface area contributed by atoms with Gasteiger partial charge >= 0.3 is 0 Å². The first-order valence-electron chi connectivity index (χ1n) is 5.99. The molecule has 0 aromatic rings. The molecule has 2 aliphatic rings. The third-order valence-electron chi connectivity index (χ3n) is 3.10. The highest BCUT2D eigenvalue weighted by molar-refractivity contribution is 6.40. The minimum absolute atomic E-state index is 0.114. The average molecular weight is 218 g/mol. The van der Waals surface area contributed by atoms with E-state index in [1.165, 1.54) is 6.42 Å². The van der Waals surface area contributed by atoms with E-state index in [2.05, 4.69) is 4.99 Å². The molecule has 0 bridgehead atoms. The molecular formula is C13H18N2O. The predicted octanol–water partition coefficient (Wildman–Crippen LogP) is 2.16. The summed E-state index contributed by atoms with van der Waals surface area (Å²) in [5.41, 5.74) is 0.673. The number of carbonyl (C=O) groups excluding carboxylic acids is 1. The van der Waals surface area contributed by atoms with Crippen LogP contribution in [0, 0.1) is 5.92 Å². The lowest BCUT2D eigenvalue weighted by Crippen LogP contribution is -2.41. The smallest absolute Gasteiger partial charge is 0.268 e. The van der Waals surface area contributed by atoms with E-state index in [1.54, 1.807) is 6.20 Å². The number of amides is 1. The maximum absolute atomic E-state index is 12.2. The molecule has 0 aliphatic carbocycles. The molecule has 2 rings (SSSR count). The van der Waals surface area contributed by atoms with E-state index < -0.39 is 0 Å². The van der Waals surface area contributed by atoms with Crippen LogP contribution in [-0.2, 0) is 4.79 Å². The van der Waals surface area contributed by atoms with Gasteiger partial charge in [-0.25, -0.2) is 0 Å². The summed E-state index contributed by atoms with van der Waals surface area (Å²) < 4.78 is 0. The molecule has 3 nitrogen and oxygen atoms in total. The van der Waals surface area contributed by atoms with Crippen LogP contribution in [-0.4, -0.2) is 29.6 Å². The minimum Gasteiger partial charge on any atom is -0.338 e. The molecule has 1 atom stereocenters. The van der Waals surface area contributed by atoms with Crippen molar-refractivity contribution in [2.45, 2.75) is 26.2 Å². The second-order valence-corrected chi connectivity index (χ2v) is 4.38. The van der Waals surface area contributed by atoms with Crippen LogP contribution in [0.15, 0.2) is 29.4 Å². The number of nitrogens with zero attached hydrogens (tertiary/aromatic N) is 2. The molecule has 1 saturated heterocycles. The summed E-state index contributed by atoms with van der Waals surface area (Å²) >= 11 is 0. The molecule has 2 heterocycles. The zero-order valence-electron chi connectivity index (χ0n) is 9.72. The monoisotopic (exact) mass is 218 g/mol. The maximum Gasteiger partial charge on any atom is 0.268 e. The maximum atomic E-state index is 12.2. The van der Waals surface area contributed by atoms with E-state index in [-0.39, 0.29) is 11.8 Å². The molecule has 3 heteroatoms. The predicted molar refractivity (Wildman–Crippen MR) is 65.3 cm³/mol. The Bertz CT molecular complexity index is 349. The largest absolute Gasteiger partial charge is 0.338 e. The summed E-state index contributed by atoms with van der Waals surface area (Å²) in [5, 5.41) is 0. The Balaban J connectivity index is 2.10. The van der Waals surface area contributed by atoms with Crippen LogP contribution in [0.2, 0.25) is 0 Å². The Morgan fingerprint density at radius 2 is 2.06 bits per heavy atom. The zero-order valence-corrected chi connectivity index (χ0v) is 9.72. The molecule has 2 aliphatic heterocycles. The van der Waals surface area contributed by atoms with Gasteiger partial charge in [-0.2, -0.15) is 0 Å². The van der Waals surface area contributed by atoms with Crippen LogP contribution in [0.5, 0.6) is 0 Å². The Kier molecular flexibility index (Phi) is 3.54. The summed E-state index contributed by atoms with van der Waals surface area (Å²) in [7, 11) is 0. The van der Waals surface area contributed by atoms with Crippen LogP contribution in [0.4, 0.5) is 0 Å². The molecule has 86 valence electrons. The third kappa shape index (κ3) is 2.40. The van der Waals surface area contributed by atoms with Crippen molar-refractivity contribution >= 4 is 11.6 Å². The normalized spacial score (nSPS) is 25.2. The molecule has 0 saturated carbocycles. The van der Waals surface area contributed by atoms with Crippen LogP contribution >= 0.6 is 0 Å². The molecule has 0 N–H and O–H groups in total. The fraction of sp³-hybridized carbons (Fsp3) is 0.538. The fourth-order valence-corrected chi connectivity index (χ4v) is 2.12. The van der Waals surface area contributed by atoms with E-state index in [9.17, 15) is 4.79 Å². The van der Waals surface area contributed by atoms with Gasteiger partial charge in [-0.05, 0) is 25.3 Å². The van der Waals surface area contributed by atoms with E-state index in [1.807, 2.05) is 30.1 Å². The summed E-state index contributed by atoms with van der Waals surface area (Å²) in [6.07, 6.45) is 11.0. The fourth-order valence-electron chi connectivity index (χ4n) is 2.12. The second kappa shape index (κ2) is 5.10. The van der Waals surface area contributed by atoms with E-state index in [4.69, 9.17) is 0 Å². The van der Waals surface area contributed by atoms with Gasteiger partial charge in [0.25, 0.3) is 5.91 Å². The topological polar surface area (TPSA) is 32.7 Å². The number of rotatable bonds is 1. The number of aliphatic imine (C=N–C) groups is 1. The van der Waals surface area contributed by atoms with Crippen molar-refractivity contribution in [3.05, 3.63) is 24.4 Å². The second-order valence-electron chi connectivity index (χ2n) is 4.38. The molecule has 0 radical (unpaired) electrons. The lowest BCUT2D eigenvalue weighted by molar-refractivity contribution is -0.125. The quantitative estimate of drug-likeness (QED) is 0.664.